The van der Waals surface area contributed by atoms with Gasteiger partial charge in [0.05, 0.1) is 13.2 Å². The highest BCUT2D eigenvalue weighted by Gasteiger charge is 2.36. The van der Waals surface area contributed by atoms with Crippen molar-refractivity contribution in [2.24, 2.45) is 5.92 Å². The molecule has 1 aliphatic rings. The molecular formula is C43H79NO2. The van der Waals surface area contributed by atoms with Crippen molar-refractivity contribution in [3.63, 3.8) is 0 Å². The van der Waals surface area contributed by atoms with E-state index in [-0.39, 0.29) is 5.79 Å². The molecule has 1 rings (SSSR count). The lowest BCUT2D eigenvalue weighted by Crippen LogP contribution is -2.46. The number of allylic oxidation sites excluding steroid dienone is 8. The lowest BCUT2D eigenvalue weighted by molar-refractivity contribution is -0.290. The first-order chi connectivity index (χ1) is 22.6. The molecule has 0 aliphatic carbocycles. The fraction of sp³-hybridized carbons (Fsp3) is 0.814. The SMILES string of the molecule is CCCCC/C=C/C/C=C/CCCCCCCCC1(CCCCCCCC/C=C/C/C=C/CCCCC)OCC(CN(C)C)CO1. The minimum absolute atomic E-state index is 0.326. The third-order valence-corrected chi connectivity index (χ3v) is 9.30. The van der Waals surface area contributed by atoms with Crippen molar-refractivity contribution in [3.05, 3.63) is 48.6 Å². The Morgan fingerprint density at radius 2 is 0.826 bits per heavy atom. The molecule has 0 unspecified atom stereocenters. The van der Waals surface area contributed by atoms with Gasteiger partial charge in [0.25, 0.3) is 0 Å². The molecule has 0 aromatic heterocycles. The molecule has 0 saturated carbocycles. The molecule has 1 heterocycles. The number of ether oxygens (including phenoxy) is 2. The third-order valence-electron chi connectivity index (χ3n) is 9.30. The summed E-state index contributed by atoms with van der Waals surface area (Å²) in [6.07, 6.45) is 52.0. The van der Waals surface area contributed by atoms with Gasteiger partial charge in [-0.2, -0.15) is 0 Å². The van der Waals surface area contributed by atoms with Gasteiger partial charge < -0.3 is 14.4 Å². The Balaban J connectivity index is 2.16. The fourth-order valence-corrected chi connectivity index (χ4v) is 6.43. The average Bonchev–Trinajstić information content (AvgIpc) is 3.05. The first kappa shape index (κ1) is 42.9. The van der Waals surface area contributed by atoms with Crippen LogP contribution in [0.25, 0.3) is 0 Å². The zero-order valence-electron chi connectivity index (χ0n) is 31.5. The van der Waals surface area contributed by atoms with Crippen molar-refractivity contribution in [1.29, 1.82) is 0 Å². The van der Waals surface area contributed by atoms with Crippen molar-refractivity contribution in [2.75, 3.05) is 33.9 Å². The van der Waals surface area contributed by atoms with E-state index in [1.807, 2.05) is 0 Å². The van der Waals surface area contributed by atoms with E-state index in [4.69, 9.17) is 9.47 Å². The minimum Gasteiger partial charge on any atom is -0.350 e. The van der Waals surface area contributed by atoms with E-state index in [1.54, 1.807) is 0 Å². The van der Waals surface area contributed by atoms with Crippen molar-refractivity contribution < 1.29 is 9.47 Å². The van der Waals surface area contributed by atoms with Crippen LogP contribution in [0.4, 0.5) is 0 Å². The predicted octanol–water partition coefficient (Wildman–Crippen LogP) is 13.3. The first-order valence-corrected chi connectivity index (χ1v) is 20.1. The maximum Gasteiger partial charge on any atom is 0.168 e. The Morgan fingerprint density at radius 3 is 1.20 bits per heavy atom. The molecule has 1 saturated heterocycles. The molecule has 0 aromatic rings. The van der Waals surface area contributed by atoms with Gasteiger partial charge >= 0.3 is 0 Å². The van der Waals surface area contributed by atoms with Gasteiger partial charge in [0, 0.05) is 25.3 Å². The minimum atomic E-state index is -0.326. The van der Waals surface area contributed by atoms with E-state index in [9.17, 15) is 0 Å². The molecule has 0 amide bonds. The van der Waals surface area contributed by atoms with Crippen LogP contribution < -0.4 is 0 Å². The molecule has 1 aliphatic heterocycles. The van der Waals surface area contributed by atoms with E-state index < -0.39 is 0 Å². The summed E-state index contributed by atoms with van der Waals surface area (Å²) in [7, 11) is 4.30. The van der Waals surface area contributed by atoms with E-state index in [2.05, 4.69) is 81.5 Å². The molecule has 0 bridgehead atoms. The Kier molecular flexibility index (Phi) is 30.2. The summed E-state index contributed by atoms with van der Waals surface area (Å²) in [5, 5.41) is 0. The second-order valence-electron chi connectivity index (χ2n) is 14.3. The Morgan fingerprint density at radius 1 is 0.478 bits per heavy atom. The van der Waals surface area contributed by atoms with Gasteiger partial charge in [0.1, 0.15) is 0 Å². The van der Waals surface area contributed by atoms with Crippen molar-refractivity contribution in [1.82, 2.24) is 4.90 Å². The molecule has 268 valence electrons. The number of nitrogens with zero attached hydrogens (tertiary/aromatic N) is 1. The van der Waals surface area contributed by atoms with Crippen LogP contribution in [0.1, 0.15) is 181 Å². The fourth-order valence-electron chi connectivity index (χ4n) is 6.43. The molecule has 0 radical (unpaired) electrons. The first-order valence-electron chi connectivity index (χ1n) is 20.1. The summed E-state index contributed by atoms with van der Waals surface area (Å²) < 4.78 is 13.1. The van der Waals surface area contributed by atoms with Gasteiger partial charge in [0.2, 0.25) is 0 Å². The smallest absolute Gasteiger partial charge is 0.168 e. The molecule has 3 nitrogen and oxygen atoms in total. The molecule has 1 fully saturated rings. The molecular weight excluding hydrogens is 562 g/mol. The van der Waals surface area contributed by atoms with Crippen molar-refractivity contribution >= 4 is 0 Å². The van der Waals surface area contributed by atoms with Crippen LogP contribution >= 0.6 is 0 Å². The van der Waals surface area contributed by atoms with Gasteiger partial charge in [-0.1, -0.05) is 140 Å². The summed E-state index contributed by atoms with van der Waals surface area (Å²) >= 11 is 0. The van der Waals surface area contributed by atoms with Crippen LogP contribution in [0.3, 0.4) is 0 Å². The molecule has 3 heteroatoms. The third kappa shape index (κ3) is 26.9. The van der Waals surface area contributed by atoms with E-state index in [0.717, 1.165) is 45.4 Å². The average molecular weight is 642 g/mol. The van der Waals surface area contributed by atoms with Gasteiger partial charge in [-0.05, 0) is 91.1 Å². The van der Waals surface area contributed by atoms with Crippen molar-refractivity contribution in [2.45, 2.75) is 187 Å². The molecule has 0 spiro atoms. The standard InChI is InChI=1S/C43H79NO2/c1-5-7-9-11-13-15-17-19-21-23-25-27-29-31-33-35-37-43(45-40-42(41-46-43)39-44(3)4)38-36-34-32-30-28-26-24-22-20-18-16-14-12-10-8-6-2/h13-16,19-22,42H,5-12,17-18,23-41H2,1-4H3/b15-13+,16-14+,21-19+,22-20+. The van der Waals surface area contributed by atoms with Crippen LogP contribution in [-0.4, -0.2) is 44.5 Å². The quantitative estimate of drug-likeness (QED) is 0.0539. The maximum absolute atomic E-state index is 6.55. The number of hydrogen-bond donors (Lipinski definition) is 0. The van der Waals surface area contributed by atoms with Gasteiger partial charge in [-0.3, -0.25) is 0 Å². The molecule has 46 heavy (non-hydrogen) atoms. The number of hydrogen-bond acceptors (Lipinski definition) is 3. The van der Waals surface area contributed by atoms with E-state index >= 15 is 0 Å². The highest BCUT2D eigenvalue weighted by atomic mass is 16.7. The molecule has 0 atom stereocenters. The van der Waals surface area contributed by atoms with Gasteiger partial charge in [0.15, 0.2) is 5.79 Å². The monoisotopic (exact) mass is 642 g/mol. The van der Waals surface area contributed by atoms with E-state index in [1.165, 1.54) is 141 Å². The summed E-state index contributed by atoms with van der Waals surface area (Å²) in [5.74, 6) is 0.169. The van der Waals surface area contributed by atoms with Crippen LogP contribution in [0.5, 0.6) is 0 Å². The second kappa shape index (κ2) is 32.4. The van der Waals surface area contributed by atoms with Crippen LogP contribution in [0, 0.1) is 5.92 Å². The van der Waals surface area contributed by atoms with Gasteiger partial charge in [-0.25, -0.2) is 0 Å². The van der Waals surface area contributed by atoms with Crippen LogP contribution in [0.15, 0.2) is 48.6 Å². The highest BCUT2D eigenvalue weighted by molar-refractivity contribution is 4.93. The predicted molar refractivity (Wildman–Crippen MR) is 205 cm³/mol. The maximum atomic E-state index is 6.55. The zero-order valence-corrected chi connectivity index (χ0v) is 31.5. The molecule has 0 aromatic carbocycles. The van der Waals surface area contributed by atoms with Gasteiger partial charge in [-0.15, -0.1) is 0 Å². The van der Waals surface area contributed by atoms with Crippen LogP contribution in [-0.2, 0) is 9.47 Å². The van der Waals surface area contributed by atoms with E-state index in [0.29, 0.717) is 5.92 Å². The highest BCUT2D eigenvalue weighted by Crippen LogP contribution is 2.33. The summed E-state index contributed by atoms with van der Waals surface area (Å²) in [6, 6.07) is 0. The van der Waals surface area contributed by atoms with Crippen molar-refractivity contribution in [3.8, 4) is 0 Å². The number of rotatable bonds is 32. The number of unbranched alkanes of at least 4 members (excludes halogenated alkanes) is 18. The second-order valence-corrected chi connectivity index (χ2v) is 14.3. The Hall–Kier alpha value is -1.16. The summed E-state index contributed by atoms with van der Waals surface area (Å²) in [6.45, 7) is 7.29. The topological polar surface area (TPSA) is 21.7 Å². The normalized spacial score (nSPS) is 16.0. The zero-order chi connectivity index (χ0) is 33.2. The summed E-state index contributed by atoms with van der Waals surface area (Å²) in [4.78, 5) is 2.26. The largest absolute Gasteiger partial charge is 0.350 e. The summed E-state index contributed by atoms with van der Waals surface area (Å²) in [5.41, 5.74) is 0. The lowest BCUT2D eigenvalue weighted by Gasteiger charge is -2.41. The Labute approximate surface area is 288 Å². The Bertz CT molecular complexity index is 694. The van der Waals surface area contributed by atoms with Crippen LogP contribution in [0.2, 0.25) is 0 Å². The lowest BCUT2D eigenvalue weighted by atomic mass is 9.97. The molecule has 0 N–H and O–H groups in total.